The fourth-order valence-corrected chi connectivity index (χ4v) is 2.51. The van der Waals surface area contributed by atoms with Gasteiger partial charge in [-0.05, 0) is 30.5 Å². The molecule has 102 valence electrons. The Morgan fingerprint density at radius 2 is 2.05 bits per heavy atom. The molecule has 5 heteroatoms. The van der Waals surface area contributed by atoms with Crippen LogP contribution in [-0.4, -0.2) is 14.8 Å². The topological polar surface area (TPSA) is 66.5 Å². The molecule has 5 nitrogen and oxygen atoms in total. The quantitative estimate of drug-likeness (QED) is 0.923. The molecule has 0 unspecified atom stereocenters. The zero-order chi connectivity index (χ0) is 13.8. The van der Waals surface area contributed by atoms with Gasteiger partial charge in [0, 0.05) is 18.7 Å². The number of hydrogen-bond acceptors (Lipinski definition) is 4. The number of benzene rings is 1. The van der Waals surface area contributed by atoms with Crippen molar-refractivity contribution in [1.82, 2.24) is 14.8 Å². The van der Waals surface area contributed by atoms with Gasteiger partial charge in [-0.3, -0.25) is 0 Å². The van der Waals surface area contributed by atoms with Crippen molar-refractivity contribution < 1.29 is 0 Å². The summed E-state index contributed by atoms with van der Waals surface area (Å²) in [5.41, 5.74) is 2.08. The zero-order valence-corrected chi connectivity index (χ0v) is 11.3. The Morgan fingerprint density at radius 1 is 1.20 bits per heavy atom. The smallest absolute Gasteiger partial charge is 0.152 e. The third-order valence-electron chi connectivity index (χ3n) is 3.62. The summed E-state index contributed by atoms with van der Waals surface area (Å²) >= 11 is 0. The van der Waals surface area contributed by atoms with Crippen LogP contribution >= 0.6 is 0 Å². The summed E-state index contributed by atoms with van der Waals surface area (Å²) in [7, 11) is 0. The Balaban J connectivity index is 1.64. The predicted octanol–water partition coefficient (Wildman–Crippen LogP) is 2.29. The number of fused-ring (bicyclic) bond motifs is 1. The SMILES string of the molecule is N#CCc1ccc(NCc2nnc3n2CCCC3)cc1. The van der Waals surface area contributed by atoms with E-state index in [2.05, 4.69) is 26.2 Å². The van der Waals surface area contributed by atoms with E-state index in [1.165, 1.54) is 12.8 Å². The molecular formula is C15H17N5. The molecule has 2 heterocycles. The molecule has 0 bridgehead atoms. The lowest BCUT2D eigenvalue weighted by Crippen LogP contribution is -2.15. The largest absolute Gasteiger partial charge is 0.378 e. The van der Waals surface area contributed by atoms with E-state index in [0.29, 0.717) is 13.0 Å². The summed E-state index contributed by atoms with van der Waals surface area (Å²) in [6, 6.07) is 10.1. The summed E-state index contributed by atoms with van der Waals surface area (Å²) in [5.74, 6) is 2.11. The van der Waals surface area contributed by atoms with Gasteiger partial charge < -0.3 is 9.88 Å². The number of hydrogen-bond donors (Lipinski definition) is 1. The van der Waals surface area contributed by atoms with Crippen LogP contribution in [0, 0.1) is 11.3 Å². The van der Waals surface area contributed by atoms with Gasteiger partial charge in [0.15, 0.2) is 5.82 Å². The fourth-order valence-electron chi connectivity index (χ4n) is 2.51. The summed E-state index contributed by atoms with van der Waals surface area (Å²) in [6.07, 6.45) is 3.92. The maximum absolute atomic E-state index is 8.65. The summed E-state index contributed by atoms with van der Waals surface area (Å²) in [6.45, 7) is 1.71. The molecule has 1 aromatic heterocycles. The van der Waals surface area contributed by atoms with Crippen LogP contribution in [0.25, 0.3) is 0 Å². The van der Waals surface area contributed by atoms with Crippen molar-refractivity contribution in [3.05, 3.63) is 41.5 Å². The van der Waals surface area contributed by atoms with Crippen molar-refractivity contribution >= 4 is 5.69 Å². The molecule has 1 aliphatic heterocycles. The Morgan fingerprint density at radius 3 is 2.85 bits per heavy atom. The average Bonchev–Trinajstić information content (AvgIpc) is 2.90. The first kappa shape index (κ1) is 12.7. The van der Waals surface area contributed by atoms with E-state index < -0.39 is 0 Å². The molecule has 0 saturated heterocycles. The minimum Gasteiger partial charge on any atom is -0.378 e. The van der Waals surface area contributed by atoms with Crippen LogP contribution in [0.2, 0.25) is 0 Å². The summed E-state index contributed by atoms with van der Waals surface area (Å²) in [5, 5.41) is 20.5. The highest BCUT2D eigenvalue weighted by atomic mass is 15.3. The molecule has 0 fully saturated rings. The van der Waals surface area contributed by atoms with Crippen LogP contribution in [0.4, 0.5) is 5.69 Å². The minimum atomic E-state index is 0.456. The molecule has 0 amide bonds. The number of rotatable bonds is 4. The monoisotopic (exact) mass is 267 g/mol. The van der Waals surface area contributed by atoms with Gasteiger partial charge >= 0.3 is 0 Å². The van der Waals surface area contributed by atoms with Crippen LogP contribution in [0.3, 0.4) is 0 Å². The van der Waals surface area contributed by atoms with Gasteiger partial charge in [0.05, 0.1) is 19.0 Å². The van der Waals surface area contributed by atoms with Crippen molar-refractivity contribution in [2.24, 2.45) is 0 Å². The predicted molar refractivity (Wildman–Crippen MR) is 76.0 cm³/mol. The van der Waals surface area contributed by atoms with E-state index in [9.17, 15) is 0 Å². The molecule has 0 spiro atoms. The number of nitrogens with one attached hydrogen (secondary N) is 1. The highest BCUT2D eigenvalue weighted by Gasteiger charge is 2.15. The minimum absolute atomic E-state index is 0.456. The van der Waals surface area contributed by atoms with Crippen LogP contribution in [0.15, 0.2) is 24.3 Å². The van der Waals surface area contributed by atoms with Crippen LogP contribution in [0.1, 0.15) is 30.1 Å². The molecule has 3 rings (SSSR count). The van der Waals surface area contributed by atoms with Crippen molar-refractivity contribution in [3.8, 4) is 6.07 Å². The van der Waals surface area contributed by atoms with Gasteiger partial charge in [-0.15, -0.1) is 10.2 Å². The molecule has 20 heavy (non-hydrogen) atoms. The third-order valence-corrected chi connectivity index (χ3v) is 3.62. The number of aromatic nitrogens is 3. The maximum Gasteiger partial charge on any atom is 0.152 e. The summed E-state index contributed by atoms with van der Waals surface area (Å²) < 4.78 is 2.22. The van der Waals surface area contributed by atoms with E-state index in [1.807, 2.05) is 24.3 Å². The summed E-state index contributed by atoms with van der Waals surface area (Å²) in [4.78, 5) is 0. The first-order chi connectivity index (χ1) is 9.86. The maximum atomic E-state index is 8.65. The number of aryl methyl sites for hydroxylation is 1. The van der Waals surface area contributed by atoms with Gasteiger partial charge in [0.25, 0.3) is 0 Å². The van der Waals surface area contributed by atoms with Crippen LogP contribution < -0.4 is 5.32 Å². The number of nitriles is 1. The molecule has 0 radical (unpaired) electrons. The molecule has 1 aromatic carbocycles. The standard InChI is InChI=1S/C15H17N5/c16-9-8-12-4-6-13(7-5-12)17-11-15-19-18-14-3-1-2-10-20(14)15/h4-7,17H,1-3,8,10-11H2. The highest BCUT2D eigenvalue weighted by Crippen LogP contribution is 2.16. The lowest BCUT2D eigenvalue weighted by Gasteiger charge is -2.15. The number of nitrogens with zero attached hydrogens (tertiary/aromatic N) is 4. The second kappa shape index (κ2) is 5.74. The Kier molecular flexibility index (Phi) is 3.64. The Labute approximate surface area is 118 Å². The molecule has 0 aliphatic carbocycles. The number of anilines is 1. The molecule has 1 N–H and O–H groups in total. The molecule has 1 aliphatic rings. The van der Waals surface area contributed by atoms with Gasteiger partial charge in [0.2, 0.25) is 0 Å². The molecule has 0 saturated carbocycles. The highest BCUT2D eigenvalue weighted by molar-refractivity contribution is 5.45. The van der Waals surface area contributed by atoms with Gasteiger partial charge in [0.1, 0.15) is 5.82 Å². The molecule has 0 atom stereocenters. The van der Waals surface area contributed by atoms with Crippen molar-refractivity contribution in [2.45, 2.75) is 38.8 Å². The van der Waals surface area contributed by atoms with Crippen molar-refractivity contribution in [3.63, 3.8) is 0 Å². The fraction of sp³-hybridized carbons (Fsp3) is 0.400. The Hall–Kier alpha value is -2.35. The second-order valence-corrected chi connectivity index (χ2v) is 5.03. The van der Waals surface area contributed by atoms with E-state index >= 15 is 0 Å². The normalized spacial score (nSPS) is 13.6. The third kappa shape index (κ3) is 2.64. The van der Waals surface area contributed by atoms with Crippen molar-refractivity contribution in [2.75, 3.05) is 5.32 Å². The average molecular weight is 267 g/mol. The zero-order valence-electron chi connectivity index (χ0n) is 11.3. The van der Waals surface area contributed by atoms with Gasteiger partial charge in [-0.1, -0.05) is 12.1 Å². The lowest BCUT2D eigenvalue weighted by atomic mass is 10.1. The van der Waals surface area contributed by atoms with Crippen LogP contribution in [-0.2, 0) is 25.9 Å². The second-order valence-electron chi connectivity index (χ2n) is 5.03. The Bertz CT molecular complexity index is 621. The lowest BCUT2D eigenvalue weighted by molar-refractivity contribution is 0.510. The van der Waals surface area contributed by atoms with Crippen molar-refractivity contribution in [1.29, 1.82) is 5.26 Å². The van der Waals surface area contributed by atoms with E-state index in [0.717, 1.165) is 35.9 Å². The van der Waals surface area contributed by atoms with Crippen LogP contribution in [0.5, 0.6) is 0 Å². The van der Waals surface area contributed by atoms with Gasteiger partial charge in [-0.25, -0.2) is 0 Å². The van der Waals surface area contributed by atoms with E-state index in [4.69, 9.17) is 5.26 Å². The van der Waals surface area contributed by atoms with E-state index in [-0.39, 0.29) is 0 Å². The first-order valence-electron chi connectivity index (χ1n) is 6.97. The molecular weight excluding hydrogens is 250 g/mol. The first-order valence-corrected chi connectivity index (χ1v) is 6.97. The molecule has 2 aromatic rings. The van der Waals surface area contributed by atoms with E-state index in [1.54, 1.807) is 0 Å². The van der Waals surface area contributed by atoms with Gasteiger partial charge in [-0.2, -0.15) is 5.26 Å².